The van der Waals surface area contributed by atoms with Crippen LogP contribution < -0.4 is 10.7 Å². The third kappa shape index (κ3) is 20.3. The highest BCUT2D eigenvalue weighted by Gasteiger charge is 1.95. The fourth-order valence-corrected chi connectivity index (χ4v) is 1.81. The molecule has 5 heteroatoms. The van der Waals surface area contributed by atoms with Gasteiger partial charge in [0.25, 0.3) is 0 Å². The van der Waals surface area contributed by atoms with E-state index in [0.717, 1.165) is 17.4 Å². The van der Waals surface area contributed by atoms with Crippen molar-refractivity contribution in [3.63, 3.8) is 0 Å². The molecular weight excluding hydrogens is 400 g/mol. The van der Waals surface area contributed by atoms with Gasteiger partial charge in [-0.2, -0.15) is 10.4 Å². The number of hydrogen-bond donors (Lipinski definition) is 2. The Labute approximate surface area is 191 Å². The lowest BCUT2D eigenvalue weighted by Crippen LogP contribution is -2.37. The Morgan fingerprint density at radius 3 is 2.29 bits per heavy atom. The summed E-state index contributed by atoms with van der Waals surface area (Å²) in [5.41, 5.74) is 24.1. The third-order valence-electron chi connectivity index (χ3n) is 2.68. The van der Waals surface area contributed by atoms with Crippen molar-refractivity contribution in [2.45, 2.75) is 34.2 Å². The Kier molecular flexibility index (Phi) is 19.2. The van der Waals surface area contributed by atoms with Crippen LogP contribution in [0.1, 0.15) is 33.8 Å². The van der Waals surface area contributed by atoms with Crippen molar-refractivity contribution in [2.75, 3.05) is 0 Å². The van der Waals surface area contributed by atoms with Crippen LogP contribution in [-0.2, 0) is 0 Å². The van der Waals surface area contributed by atoms with Crippen LogP contribution in [0, 0.1) is 11.3 Å². The third-order valence-corrected chi connectivity index (χ3v) is 2.89. The predicted molar refractivity (Wildman–Crippen MR) is 133 cm³/mol. The maximum atomic E-state index is 8.03. The molecule has 1 aromatic carbocycles. The molecule has 0 aliphatic carbocycles. The molecule has 31 heavy (non-hydrogen) atoms. The molecule has 1 aromatic rings. The van der Waals surface area contributed by atoms with E-state index < -0.39 is 0 Å². The van der Waals surface area contributed by atoms with Gasteiger partial charge in [-0.1, -0.05) is 49.6 Å². The van der Waals surface area contributed by atoms with Crippen LogP contribution in [0.3, 0.4) is 0 Å². The summed E-state index contributed by atoms with van der Waals surface area (Å²) in [4.78, 5) is 0. The van der Waals surface area contributed by atoms with E-state index in [1.807, 2.05) is 63.3 Å². The fraction of sp³-hybridized carbons (Fsp3) is 0.192. The molecule has 2 N–H and O–H groups in total. The van der Waals surface area contributed by atoms with E-state index in [2.05, 4.69) is 68.3 Å². The number of thiocarbonyl (C=S) groups is 1. The summed E-state index contributed by atoms with van der Waals surface area (Å²) < 4.78 is 0. The first-order valence-electron chi connectivity index (χ1n) is 8.82. The molecule has 0 radical (unpaired) electrons. The number of nitriles is 1. The van der Waals surface area contributed by atoms with E-state index in [0.29, 0.717) is 11.2 Å². The summed E-state index contributed by atoms with van der Waals surface area (Å²) in [6.07, 6.45) is 5.11. The summed E-state index contributed by atoms with van der Waals surface area (Å²) in [6.45, 7) is 9.24. The van der Waals surface area contributed by atoms with Crippen molar-refractivity contribution < 1.29 is 0 Å². The predicted octanol–water partition coefficient (Wildman–Crippen LogP) is 5.52. The quantitative estimate of drug-likeness (QED) is 0.219. The lowest BCUT2D eigenvalue weighted by Gasteiger charge is -2.09. The van der Waals surface area contributed by atoms with Gasteiger partial charge >= 0.3 is 0 Å². The Bertz CT molecular complexity index is 1100. The minimum absolute atomic E-state index is 0. The van der Waals surface area contributed by atoms with Crippen LogP contribution in [0.4, 0.5) is 0 Å². The first-order valence-corrected chi connectivity index (χ1v) is 9.23. The second-order valence-corrected chi connectivity index (χ2v) is 5.99. The number of benzene rings is 1. The zero-order valence-corrected chi connectivity index (χ0v) is 18.0. The molecule has 0 aliphatic heterocycles. The molecule has 0 fully saturated rings. The molecule has 156 valence electrons. The van der Waals surface area contributed by atoms with Crippen LogP contribution >= 0.6 is 12.2 Å². The molecule has 4 nitrogen and oxygen atoms in total. The van der Waals surface area contributed by atoms with Gasteiger partial charge in [0, 0.05) is 6.04 Å². The lowest BCUT2D eigenvalue weighted by molar-refractivity contribution is 0.719. The number of hydrazone groups is 1. The van der Waals surface area contributed by atoms with Crippen molar-refractivity contribution in [1.29, 1.82) is 5.26 Å². The van der Waals surface area contributed by atoms with Gasteiger partial charge in [0.05, 0.1) is 11.8 Å². The molecule has 0 amide bonds. The molecule has 0 aromatic heterocycles. The van der Waals surface area contributed by atoms with Crippen LogP contribution in [0.15, 0.2) is 100 Å². The monoisotopic (exact) mass is 426 g/mol. The van der Waals surface area contributed by atoms with E-state index in [9.17, 15) is 0 Å². The van der Waals surface area contributed by atoms with Gasteiger partial charge in [-0.15, -0.1) is 0 Å². The van der Waals surface area contributed by atoms with E-state index in [4.69, 9.17) is 17.5 Å². The molecule has 1 rings (SSSR count). The van der Waals surface area contributed by atoms with Crippen LogP contribution in [0.25, 0.3) is 6.08 Å². The largest absolute Gasteiger partial charge is 0.359 e. The van der Waals surface area contributed by atoms with E-state index in [-0.39, 0.29) is 7.43 Å². The molecule has 0 spiro atoms. The van der Waals surface area contributed by atoms with E-state index in [1.165, 1.54) is 0 Å². The average molecular weight is 427 g/mol. The van der Waals surface area contributed by atoms with E-state index >= 15 is 0 Å². The van der Waals surface area contributed by atoms with Crippen molar-refractivity contribution in [3.05, 3.63) is 100 Å². The highest BCUT2D eigenvalue weighted by Crippen LogP contribution is 2.00. The highest BCUT2D eigenvalue weighted by atomic mass is 32.1. The zero-order chi connectivity index (χ0) is 22.5. The molecule has 0 unspecified atom stereocenters. The molecular formula is C26H26N4S. The maximum absolute atomic E-state index is 8.03. The maximum Gasteiger partial charge on any atom is 0.187 e. The van der Waals surface area contributed by atoms with Crippen LogP contribution in [0.5, 0.6) is 0 Å². The van der Waals surface area contributed by atoms with E-state index in [1.54, 1.807) is 6.07 Å². The molecule has 0 saturated heterocycles. The van der Waals surface area contributed by atoms with Gasteiger partial charge < -0.3 is 5.32 Å². The Hall–Kier alpha value is -4.21. The first kappa shape index (κ1) is 29.0. The molecule has 0 bridgehead atoms. The number of nitrogens with one attached hydrogen (secondary N) is 2. The second-order valence-electron chi connectivity index (χ2n) is 5.58. The summed E-state index contributed by atoms with van der Waals surface area (Å²) in [5, 5.41) is 15.8. The molecule has 0 heterocycles. The molecule has 0 atom stereocenters. The Morgan fingerprint density at radius 1 is 1.10 bits per heavy atom. The lowest BCUT2D eigenvalue weighted by atomic mass is 10.2. The summed E-state index contributed by atoms with van der Waals surface area (Å²) >= 11 is 5.07. The summed E-state index contributed by atoms with van der Waals surface area (Å²) in [6, 6.07) is 12.1. The molecule has 0 saturated carbocycles. The van der Waals surface area contributed by atoms with Gasteiger partial charge in [-0.05, 0) is 91.3 Å². The Morgan fingerprint density at radius 2 is 1.71 bits per heavy atom. The zero-order valence-electron chi connectivity index (χ0n) is 17.2. The number of allylic oxidation sites excluding steroid dienone is 2. The van der Waals surface area contributed by atoms with Gasteiger partial charge in [0.15, 0.2) is 5.11 Å². The second kappa shape index (κ2) is 20.5. The topological polar surface area (TPSA) is 60.2 Å². The highest BCUT2D eigenvalue weighted by molar-refractivity contribution is 7.80. The molecule has 0 aliphatic rings. The minimum atomic E-state index is 0. The van der Waals surface area contributed by atoms with Gasteiger partial charge in [0.2, 0.25) is 0 Å². The fourth-order valence-electron chi connectivity index (χ4n) is 1.53. The Balaban J connectivity index is 0. The minimum Gasteiger partial charge on any atom is -0.359 e. The van der Waals surface area contributed by atoms with Crippen LogP contribution in [-0.4, -0.2) is 16.9 Å². The van der Waals surface area contributed by atoms with Gasteiger partial charge in [-0.25, -0.2) is 0 Å². The van der Waals surface area contributed by atoms with Gasteiger partial charge in [-0.3, -0.25) is 5.43 Å². The van der Waals surface area contributed by atoms with Crippen molar-refractivity contribution in [1.82, 2.24) is 10.7 Å². The number of rotatable bonds is 4. The van der Waals surface area contributed by atoms with Crippen molar-refractivity contribution >= 4 is 29.1 Å². The smallest absolute Gasteiger partial charge is 0.187 e. The SMILES string of the molecule is C.C=C=C=C=C=C=C=C=C=CC#N.CC(/C=C/c1ccccc1)=N\NC(=S)NC(C)C. The standard InChI is InChI=1S/C14H19N3S.C11H3N.CH4/c1-11(2)15-14(18)17-16-12(3)9-10-13-7-5-4-6-8-13;1-2-3-4-5-6-7-8-9-10-11-12;/h4-11H,1-3H3,(H2,15,17,18);10H,1H2;1H4/b10-9+,16-12+;;. The number of hydrogen-bond acceptors (Lipinski definition) is 3. The average Bonchev–Trinajstić information content (AvgIpc) is 2.73. The summed E-state index contributed by atoms with van der Waals surface area (Å²) in [5.74, 6) is 0. The van der Waals surface area contributed by atoms with Gasteiger partial charge in [0.1, 0.15) is 6.07 Å². The normalized spacial score (nSPS) is 8.42. The first-order chi connectivity index (χ1) is 14.5. The van der Waals surface area contributed by atoms with Crippen LogP contribution in [0.2, 0.25) is 0 Å². The summed E-state index contributed by atoms with van der Waals surface area (Å²) in [7, 11) is 0. The number of nitrogens with zero attached hydrogens (tertiary/aromatic N) is 2. The van der Waals surface area contributed by atoms with Crippen molar-refractivity contribution in [3.8, 4) is 6.07 Å². The van der Waals surface area contributed by atoms with Crippen molar-refractivity contribution in [2.24, 2.45) is 5.10 Å².